The Kier molecular flexibility index (Phi) is 9.35. The minimum absolute atomic E-state index is 0.112. The Labute approximate surface area is 191 Å². The van der Waals surface area contributed by atoms with Gasteiger partial charge in [0.1, 0.15) is 23.2 Å². The van der Waals surface area contributed by atoms with Gasteiger partial charge in [-0.15, -0.1) is 0 Å². The Morgan fingerprint density at radius 3 is 2.34 bits per heavy atom. The molecule has 0 radical (unpaired) electrons. The van der Waals surface area contributed by atoms with Crippen LogP contribution in [0.2, 0.25) is 0 Å². The first-order chi connectivity index (χ1) is 15.5. The van der Waals surface area contributed by atoms with Gasteiger partial charge in [-0.3, -0.25) is 5.41 Å². The Balaban J connectivity index is 1.24. The van der Waals surface area contributed by atoms with Gasteiger partial charge in [0.2, 0.25) is 0 Å². The van der Waals surface area contributed by atoms with Crippen LogP contribution in [0, 0.1) is 17.1 Å². The first-order valence-electron chi connectivity index (χ1n) is 11.8. The third kappa shape index (κ3) is 7.52. The molecule has 3 N–H and O–H groups in total. The normalized spacial score (nSPS) is 14.9. The predicted octanol–water partition coefficient (Wildman–Crippen LogP) is 5.01. The summed E-state index contributed by atoms with van der Waals surface area (Å²) < 4.78 is 25.4. The van der Waals surface area contributed by atoms with Crippen LogP contribution in [0.5, 0.6) is 11.5 Å². The Hall–Kier alpha value is -2.60. The minimum atomic E-state index is -0.512. The second-order valence-electron chi connectivity index (χ2n) is 8.53. The van der Waals surface area contributed by atoms with E-state index >= 15 is 0 Å². The molecule has 2 aromatic rings. The molecule has 0 aliphatic carbocycles. The molecule has 0 spiro atoms. The van der Waals surface area contributed by atoms with Gasteiger partial charge in [-0.05, 0) is 87.4 Å². The number of ether oxygens (including phenoxy) is 2. The number of hydrogen-bond acceptors (Lipinski definition) is 4. The molecule has 1 heterocycles. The lowest BCUT2D eigenvalue weighted by atomic mass is 9.92. The van der Waals surface area contributed by atoms with Crippen LogP contribution in [0.25, 0.3) is 0 Å². The van der Waals surface area contributed by atoms with Gasteiger partial charge >= 0.3 is 0 Å². The minimum Gasteiger partial charge on any atom is -0.494 e. The molecule has 3 rings (SSSR count). The topological polar surface area (TPSA) is 71.6 Å². The third-order valence-corrected chi connectivity index (χ3v) is 6.18. The molecular formula is C26H36FN3O2. The predicted molar refractivity (Wildman–Crippen MR) is 127 cm³/mol. The van der Waals surface area contributed by atoms with Crippen LogP contribution in [0.3, 0.4) is 0 Å². The van der Waals surface area contributed by atoms with E-state index in [4.69, 9.17) is 20.6 Å². The Bertz CT molecular complexity index is 849. The van der Waals surface area contributed by atoms with E-state index in [0.717, 1.165) is 63.6 Å². The number of benzene rings is 2. The zero-order valence-electron chi connectivity index (χ0n) is 19.1. The lowest BCUT2D eigenvalue weighted by Gasteiger charge is -2.32. The highest BCUT2D eigenvalue weighted by atomic mass is 19.1. The van der Waals surface area contributed by atoms with Gasteiger partial charge in [0.15, 0.2) is 0 Å². The summed E-state index contributed by atoms with van der Waals surface area (Å²) in [6.07, 6.45) is 6.65. The van der Waals surface area contributed by atoms with Gasteiger partial charge < -0.3 is 20.1 Å². The van der Waals surface area contributed by atoms with Gasteiger partial charge in [0.05, 0.1) is 18.8 Å². The molecule has 0 aromatic heterocycles. The van der Waals surface area contributed by atoms with Crippen LogP contribution in [-0.2, 0) is 6.42 Å². The van der Waals surface area contributed by atoms with Crippen LogP contribution < -0.4 is 15.2 Å². The smallest absolute Gasteiger partial charge is 0.137 e. The molecule has 1 fully saturated rings. The summed E-state index contributed by atoms with van der Waals surface area (Å²) in [4.78, 5) is 2.54. The molecular weight excluding hydrogens is 405 g/mol. The number of rotatable bonds is 12. The van der Waals surface area contributed by atoms with Crippen LogP contribution in [0.1, 0.15) is 50.2 Å². The maximum absolute atomic E-state index is 13.8. The highest BCUT2D eigenvalue weighted by Crippen LogP contribution is 2.23. The van der Waals surface area contributed by atoms with Crippen molar-refractivity contribution < 1.29 is 13.9 Å². The van der Waals surface area contributed by atoms with Crippen LogP contribution in [-0.4, -0.2) is 43.6 Å². The van der Waals surface area contributed by atoms with Crippen molar-refractivity contribution in [1.29, 1.82) is 5.41 Å². The summed E-state index contributed by atoms with van der Waals surface area (Å²) in [6, 6.07) is 12.9. The van der Waals surface area contributed by atoms with E-state index in [1.165, 1.54) is 30.5 Å². The summed E-state index contributed by atoms with van der Waals surface area (Å²) in [5.41, 5.74) is 6.79. The molecule has 6 heteroatoms. The molecule has 5 nitrogen and oxygen atoms in total. The number of nitrogens with two attached hydrogens (primary N) is 1. The summed E-state index contributed by atoms with van der Waals surface area (Å²) >= 11 is 0. The number of amidine groups is 1. The number of halogens is 1. The zero-order chi connectivity index (χ0) is 22.8. The first-order valence-corrected chi connectivity index (χ1v) is 11.8. The van der Waals surface area contributed by atoms with Crippen molar-refractivity contribution in [3.05, 3.63) is 59.4 Å². The van der Waals surface area contributed by atoms with Gasteiger partial charge in [0, 0.05) is 12.6 Å². The summed E-state index contributed by atoms with van der Waals surface area (Å²) in [6.45, 7) is 6.88. The average Bonchev–Trinajstić information content (AvgIpc) is 2.80. The second-order valence-corrected chi connectivity index (χ2v) is 8.53. The highest BCUT2D eigenvalue weighted by Gasteiger charge is 2.18. The van der Waals surface area contributed by atoms with Crippen molar-refractivity contribution in [3.63, 3.8) is 0 Å². The molecule has 1 aliphatic rings. The number of nitrogens with one attached hydrogen (secondary N) is 1. The van der Waals surface area contributed by atoms with E-state index in [1.54, 1.807) is 6.07 Å². The maximum Gasteiger partial charge on any atom is 0.137 e. The van der Waals surface area contributed by atoms with E-state index in [9.17, 15) is 4.39 Å². The maximum atomic E-state index is 13.8. The fraction of sp³-hybridized carbons (Fsp3) is 0.500. The van der Waals surface area contributed by atoms with Crippen molar-refractivity contribution in [2.24, 2.45) is 11.7 Å². The van der Waals surface area contributed by atoms with Crippen LogP contribution in [0.15, 0.2) is 42.5 Å². The quantitative estimate of drug-likeness (QED) is 0.276. The van der Waals surface area contributed by atoms with Crippen LogP contribution in [0.4, 0.5) is 4.39 Å². The Morgan fingerprint density at radius 2 is 1.69 bits per heavy atom. The van der Waals surface area contributed by atoms with Crippen molar-refractivity contribution in [3.8, 4) is 11.5 Å². The molecule has 32 heavy (non-hydrogen) atoms. The molecule has 1 saturated heterocycles. The van der Waals surface area contributed by atoms with Crippen LogP contribution >= 0.6 is 0 Å². The van der Waals surface area contributed by atoms with E-state index in [1.807, 2.05) is 0 Å². The van der Waals surface area contributed by atoms with E-state index in [-0.39, 0.29) is 11.4 Å². The molecule has 0 saturated carbocycles. The zero-order valence-corrected chi connectivity index (χ0v) is 19.1. The average molecular weight is 442 g/mol. The van der Waals surface area contributed by atoms with E-state index in [0.29, 0.717) is 12.4 Å². The monoisotopic (exact) mass is 441 g/mol. The number of nitrogens with zero attached hydrogens (tertiary/aromatic N) is 1. The number of nitrogen functional groups attached to an aromatic ring is 1. The summed E-state index contributed by atoms with van der Waals surface area (Å²) in [7, 11) is 0. The number of hydrogen-bond donors (Lipinski definition) is 2. The van der Waals surface area contributed by atoms with Gasteiger partial charge in [-0.25, -0.2) is 4.39 Å². The molecule has 0 amide bonds. The highest BCUT2D eigenvalue weighted by molar-refractivity contribution is 5.95. The molecule has 0 unspecified atom stereocenters. The van der Waals surface area contributed by atoms with E-state index < -0.39 is 5.82 Å². The number of piperidine rings is 1. The summed E-state index contributed by atoms with van der Waals surface area (Å²) in [5, 5.41) is 7.32. The van der Waals surface area contributed by atoms with Crippen molar-refractivity contribution in [2.75, 3.05) is 32.8 Å². The SMILES string of the molecule is CCc1ccc(OCCCN2CCC(CCCOc3ccc(C(=N)N)c(F)c3)CC2)cc1. The van der Waals surface area contributed by atoms with Crippen molar-refractivity contribution in [2.45, 2.75) is 45.4 Å². The fourth-order valence-corrected chi connectivity index (χ4v) is 4.16. The number of aryl methyl sites for hydroxylation is 1. The molecule has 1 aliphatic heterocycles. The van der Waals surface area contributed by atoms with Crippen molar-refractivity contribution in [1.82, 2.24) is 4.90 Å². The molecule has 2 aromatic carbocycles. The van der Waals surface area contributed by atoms with Crippen molar-refractivity contribution >= 4 is 5.84 Å². The largest absolute Gasteiger partial charge is 0.494 e. The molecule has 0 atom stereocenters. The van der Waals surface area contributed by atoms with Gasteiger partial charge in [-0.2, -0.15) is 0 Å². The standard InChI is InChI=1S/C26H36FN3O2/c1-2-20-6-8-22(9-7-20)31-18-4-14-30-15-12-21(13-16-30)5-3-17-32-23-10-11-24(26(28)29)25(27)19-23/h6-11,19,21H,2-5,12-18H2,1H3,(H3,28,29). The fourth-order valence-electron chi connectivity index (χ4n) is 4.16. The first kappa shape index (κ1) is 24.1. The lowest BCUT2D eigenvalue weighted by Crippen LogP contribution is -2.35. The molecule has 174 valence electrons. The Morgan fingerprint density at radius 1 is 1.03 bits per heavy atom. The third-order valence-electron chi connectivity index (χ3n) is 6.18. The van der Waals surface area contributed by atoms with Gasteiger partial charge in [-0.1, -0.05) is 19.1 Å². The number of likely N-dealkylation sites (tertiary alicyclic amines) is 1. The molecule has 0 bridgehead atoms. The summed E-state index contributed by atoms with van der Waals surface area (Å²) in [5.74, 6) is 1.41. The lowest BCUT2D eigenvalue weighted by molar-refractivity contribution is 0.161. The second kappa shape index (κ2) is 12.4. The van der Waals surface area contributed by atoms with Gasteiger partial charge in [0.25, 0.3) is 0 Å². The van der Waals surface area contributed by atoms with E-state index in [2.05, 4.69) is 36.1 Å².